The molecule has 1 aromatic rings. The molecule has 3 nitrogen and oxygen atoms in total. The van der Waals surface area contributed by atoms with Crippen molar-refractivity contribution in [1.82, 2.24) is 0 Å². The van der Waals surface area contributed by atoms with Crippen LogP contribution in [-0.2, 0) is 4.79 Å². The van der Waals surface area contributed by atoms with Crippen LogP contribution in [0, 0.1) is 0 Å². The van der Waals surface area contributed by atoms with Gasteiger partial charge in [-0.25, -0.2) is 4.79 Å². The normalized spacial score (nSPS) is 9.27. The average Bonchev–Trinajstić information content (AvgIpc) is 1.93. The highest BCUT2D eigenvalue weighted by Crippen LogP contribution is 2.01. The summed E-state index contributed by atoms with van der Waals surface area (Å²) >= 11 is 5.59. The van der Waals surface area contributed by atoms with Gasteiger partial charge in [-0.2, -0.15) is 4.84 Å². The molecule has 0 radical (unpaired) electrons. The molecule has 4 heteroatoms. The Morgan fingerprint density at radius 3 is 2.55 bits per heavy atom. The molecule has 0 aliphatic heterocycles. The summed E-state index contributed by atoms with van der Waals surface area (Å²) < 4.78 is 1.29. The van der Waals surface area contributed by atoms with Crippen LogP contribution in [0.1, 0.15) is 6.92 Å². The van der Waals surface area contributed by atoms with Crippen LogP contribution in [0.25, 0.3) is 0 Å². The van der Waals surface area contributed by atoms with Gasteiger partial charge in [0.2, 0.25) is 12.4 Å². The monoisotopic (exact) mass is 172 g/mol. The SMILES string of the molecule is CC(=O)O[n+]1ccc(Cl)cc1. The number of hydrogen-bond donors (Lipinski definition) is 0. The van der Waals surface area contributed by atoms with E-state index in [-0.39, 0.29) is 5.97 Å². The number of carbonyl (C=O) groups is 1. The van der Waals surface area contributed by atoms with Crippen LogP contribution in [-0.4, -0.2) is 5.97 Å². The Bertz CT molecular complexity index is 258. The van der Waals surface area contributed by atoms with Crippen LogP contribution < -0.4 is 9.57 Å². The van der Waals surface area contributed by atoms with Gasteiger partial charge in [-0.15, -0.1) is 0 Å². The Labute approximate surface area is 69.1 Å². The topological polar surface area (TPSA) is 30.2 Å². The first kappa shape index (κ1) is 8.01. The Hall–Kier alpha value is -1.09. The van der Waals surface area contributed by atoms with Gasteiger partial charge in [-0.05, 0) is 0 Å². The van der Waals surface area contributed by atoms with Crippen molar-refractivity contribution in [2.45, 2.75) is 6.92 Å². The minimum Gasteiger partial charge on any atom is -0.245 e. The van der Waals surface area contributed by atoms with E-state index in [9.17, 15) is 4.79 Å². The molecule has 11 heavy (non-hydrogen) atoms. The maximum atomic E-state index is 10.4. The first-order chi connectivity index (χ1) is 5.18. The molecular formula is C7H7ClNO2+. The van der Waals surface area contributed by atoms with Gasteiger partial charge in [-0.3, -0.25) is 0 Å². The van der Waals surface area contributed by atoms with Crippen LogP contribution in [0.3, 0.4) is 0 Å². The van der Waals surface area contributed by atoms with E-state index >= 15 is 0 Å². The predicted molar refractivity (Wildman–Crippen MR) is 38.9 cm³/mol. The quantitative estimate of drug-likeness (QED) is 0.581. The highest BCUT2D eigenvalue weighted by atomic mass is 35.5. The fraction of sp³-hybridized carbons (Fsp3) is 0.143. The lowest BCUT2D eigenvalue weighted by Crippen LogP contribution is -2.44. The molecule has 58 valence electrons. The highest BCUT2D eigenvalue weighted by molar-refractivity contribution is 6.30. The molecule has 0 aliphatic carbocycles. The molecule has 0 aromatic carbocycles. The largest absolute Gasteiger partial charge is 0.377 e. The molecule has 0 fully saturated rings. The third-order valence-electron chi connectivity index (χ3n) is 0.995. The van der Waals surface area contributed by atoms with Gasteiger partial charge in [0.05, 0.1) is 5.02 Å². The standard InChI is InChI=1S/C7H7ClNO2/c1-6(10)11-9-4-2-7(8)3-5-9/h2-5H,1H3/q+1. The third kappa shape index (κ3) is 2.55. The summed E-state index contributed by atoms with van der Waals surface area (Å²) in [5, 5.41) is 0.605. The molecule has 0 N–H and O–H groups in total. The Balaban J connectivity index is 2.74. The van der Waals surface area contributed by atoms with Gasteiger partial charge in [-0.1, -0.05) is 11.6 Å². The fourth-order valence-corrected chi connectivity index (χ4v) is 0.717. The summed E-state index contributed by atoms with van der Waals surface area (Å²) in [6.45, 7) is 1.33. The average molecular weight is 173 g/mol. The number of pyridine rings is 1. The lowest BCUT2D eigenvalue weighted by atomic mass is 10.5. The molecule has 1 heterocycles. The number of hydrogen-bond acceptors (Lipinski definition) is 2. The van der Waals surface area contributed by atoms with E-state index in [2.05, 4.69) is 4.84 Å². The van der Waals surface area contributed by atoms with Crippen molar-refractivity contribution in [1.29, 1.82) is 0 Å². The van der Waals surface area contributed by atoms with E-state index in [1.807, 2.05) is 0 Å². The van der Waals surface area contributed by atoms with Gasteiger partial charge in [0, 0.05) is 23.8 Å². The van der Waals surface area contributed by atoms with Crippen LogP contribution in [0.4, 0.5) is 0 Å². The van der Waals surface area contributed by atoms with Crippen molar-refractivity contribution in [2.24, 2.45) is 0 Å². The summed E-state index contributed by atoms with van der Waals surface area (Å²) in [5.41, 5.74) is 0. The lowest BCUT2D eigenvalue weighted by Gasteiger charge is -1.90. The maximum Gasteiger partial charge on any atom is 0.377 e. The first-order valence-corrected chi connectivity index (χ1v) is 3.42. The second-order valence-electron chi connectivity index (χ2n) is 1.96. The molecule has 0 amide bonds. The summed E-state index contributed by atoms with van der Waals surface area (Å²) in [6, 6.07) is 3.26. The fourth-order valence-electron chi connectivity index (χ4n) is 0.604. The Morgan fingerprint density at radius 2 is 2.09 bits per heavy atom. The summed E-state index contributed by atoms with van der Waals surface area (Å²) in [4.78, 5) is 15.1. The van der Waals surface area contributed by atoms with Gasteiger partial charge in [0.1, 0.15) is 0 Å². The minimum absolute atomic E-state index is 0.364. The first-order valence-electron chi connectivity index (χ1n) is 3.04. The lowest BCUT2D eigenvalue weighted by molar-refractivity contribution is -0.869. The van der Waals surface area contributed by atoms with E-state index in [0.717, 1.165) is 0 Å². The van der Waals surface area contributed by atoms with E-state index in [1.54, 1.807) is 24.5 Å². The van der Waals surface area contributed by atoms with Crippen LogP contribution >= 0.6 is 11.6 Å². The van der Waals surface area contributed by atoms with Crippen molar-refractivity contribution in [2.75, 3.05) is 0 Å². The predicted octanol–water partition coefficient (Wildman–Crippen LogP) is 0.603. The number of aromatic nitrogens is 1. The molecule has 1 aromatic heterocycles. The zero-order chi connectivity index (χ0) is 8.27. The summed E-state index contributed by atoms with van der Waals surface area (Å²) in [5.74, 6) is -0.364. The second kappa shape index (κ2) is 3.34. The van der Waals surface area contributed by atoms with E-state index in [1.165, 1.54) is 11.7 Å². The number of rotatable bonds is 1. The molecular weight excluding hydrogens is 166 g/mol. The second-order valence-corrected chi connectivity index (χ2v) is 2.40. The molecule has 0 unspecified atom stereocenters. The number of halogens is 1. The van der Waals surface area contributed by atoms with Crippen molar-refractivity contribution in [3.8, 4) is 0 Å². The van der Waals surface area contributed by atoms with Crippen molar-refractivity contribution < 1.29 is 14.4 Å². The summed E-state index contributed by atoms with van der Waals surface area (Å²) in [6.07, 6.45) is 3.12. The van der Waals surface area contributed by atoms with Crippen molar-refractivity contribution in [3.05, 3.63) is 29.5 Å². The smallest absolute Gasteiger partial charge is 0.245 e. The minimum atomic E-state index is -0.364. The molecule has 0 aliphatic rings. The van der Waals surface area contributed by atoms with Crippen LogP contribution in [0.2, 0.25) is 5.02 Å². The number of nitrogens with zero attached hydrogens (tertiary/aromatic N) is 1. The summed E-state index contributed by atoms with van der Waals surface area (Å²) in [7, 11) is 0. The molecule has 0 bridgehead atoms. The van der Waals surface area contributed by atoms with Crippen molar-refractivity contribution in [3.63, 3.8) is 0 Å². The Morgan fingerprint density at radius 1 is 1.55 bits per heavy atom. The van der Waals surface area contributed by atoms with Gasteiger partial charge >= 0.3 is 5.97 Å². The molecule has 0 saturated heterocycles. The van der Waals surface area contributed by atoms with Gasteiger partial charge in [0.25, 0.3) is 0 Å². The van der Waals surface area contributed by atoms with Gasteiger partial charge < -0.3 is 0 Å². The van der Waals surface area contributed by atoms with E-state index < -0.39 is 0 Å². The highest BCUT2D eigenvalue weighted by Gasteiger charge is 2.03. The van der Waals surface area contributed by atoms with Crippen molar-refractivity contribution >= 4 is 17.6 Å². The van der Waals surface area contributed by atoms with E-state index in [0.29, 0.717) is 5.02 Å². The molecule has 0 spiro atoms. The molecule has 1 rings (SSSR count). The number of carbonyl (C=O) groups excluding carboxylic acids is 1. The van der Waals surface area contributed by atoms with Crippen LogP contribution in [0.5, 0.6) is 0 Å². The zero-order valence-electron chi connectivity index (χ0n) is 5.95. The maximum absolute atomic E-state index is 10.4. The molecule has 0 saturated carbocycles. The van der Waals surface area contributed by atoms with Gasteiger partial charge in [0.15, 0.2) is 0 Å². The third-order valence-corrected chi connectivity index (χ3v) is 1.25. The molecule has 0 atom stereocenters. The van der Waals surface area contributed by atoms with Crippen LogP contribution in [0.15, 0.2) is 24.5 Å². The zero-order valence-corrected chi connectivity index (χ0v) is 6.71. The Kier molecular flexibility index (Phi) is 2.44. The van der Waals surface area contributed by atoms with E-state index in [4.69, 9.17) is 11.6 Å².